The highest BCUT2D eigenvalue weighted by Crippen LogP contribution is 2.30. The van der Waals surface area contributed by atoms with Crippen molar-refractivity contribution in [3.8, 4) is 0 Å². The molecule has 0 fully saturated rings. The first kappa shape index (κ1) is 22.3. The Kier molecular flexibility index (Phi) is 7.57. The normalized spacial score (nSPS) is 12.6. The van der Waals surface area contributed by atoms with Gasteiger partial charge in [0, 0.05) is 24.4 Å². The predicted molar refractivity (Wildman–Crippen MR) is 98.5 cm³/mol. The largest absolute Gasteiger partial charge is 0.416 e. The molecular weight excluding hydrogens is 421 g/mol. The maximum absolute atomic E-state index is 13.4. The number of carbonyl (C=O) groups excluding carboxylic acids is 2. The van der Waals surface area contributed by atoms with Crippen molar-refractivity contribution in [3.63, 3.8) is 0 Å². The summed E-state index contributed by atoms with van der Waals surface area (Å²) >= 11 is 11.8. The van der Waals surface area contributed by atoms with Crippen molar-refractivity contribution in [2.24, 2.45) is 0 Å². The van der Waals surface area contributed by atoms with E-state index in [1.807, 2.05) is 0 Å². The molecule has 0 saturated carbocycles. The molecule has 0 bridgehead atoms. The first-order valence-electron chi connectivity index (χ1n) is 8.12. The van der Waals surface area contributed by atoms with Crippen molar-refractivity contribution in [1.29, 1.82) is 0 Å². The van der Waals surface area contributed by atoms with Gasteiger partial charge in [0.1, 0.15) is 12.1 Å². The Morgan fingerprint density at radius 2 is 1.82 bits per heavy atom. The molecule has 150 valence electrons. The minimum Gasteiger partial charge on any atom is -0.309 e. The first-order chi connectivity index (χ1) is 13.1. The van der Waals surface area contributed by atoms with Crippen LogP contribution in [0.25, 0.3) is 0 Å². The van der Waals surface area contributed by atoms with Crippen molar-refractivity contribution in [3.05, 3.63) is 69.0 Å². The van der Waals surface area contributed by atoms with Crippen molar-refractivity contribution >= 4 is 35.3 Å². The molecule has 0 saturated heterocycles. The van der Waals surface area contributed by atoms with Gasteiger partial charge < -0.3 is 10.1 Å². The van der Waals surface area contributed by atoms with Gasteiger partial charge in [0.05, 0.1) is 22.2 Å². The van der Waals surface area contributed by atoms with Crippen LogP contribution in [0.4, 0.5) is 17.6 Å². The molecule has 2 aromatic carbocycles. The number of benzene rings is 2. The predicted octanol–water partition coefficient (Wildman–Crippen LogP) is 5.30. The standard InChI is InChI=1S/C19H15Cl2F4NO2/c20-16-2-1-11(7-17(16)21)12(3-4-27)9-26-10-18(28)13-5-14(19(23,24)25)8-15(22)6-13/h1-2,4-8,12,26H,3,9-10H2/t12-/m1/s1. The van der Waals surface area contributed by atoms with Crippen LogP contribution < -0.4 is 5.32 Å². The van der Waals surface area contributed by atoms with E-state index in [-0.39, 0.29) is 31.0 Å². The van der Waals surface area contributed by atoms with Gasteiger partial charge in [0.25, 0.3) is 0 Å². The Labute approximate surface area is 168 Å². The van der Waals surface area contributed by atoms with E-state index >= 15 is 0 Å². The summed E-state index contributed by atoms with van der Waals surface area (Å²) in [5.74, 6) is -2.17. The lowest BCUT2D eigenvalue weighted by molar-refractivity contribution is -0.137. The minimum absolute atomic E-state index is 0.136. The monoisotopic (exact) mass is 435 g/mol. The Balaban J connectivity index is 2.06. The maximum atomic E-state index is 13.4. The topological polar surface area (TPSA) is 46.2 Å². The van der Waals surface area contributed by atoms with Crippen molar-refractivity contribution in [1.82, 2.24) is 5.32 Å². The highest BCUT2D eigenvalue weighted by Gasteiger charge is 2.32. The van der Waals surface area contributed by atoms with Crippen LogP contribution in [0.2, 0.25) is 10.0 Å². The molecule has 0 heterocycles. The van der Waals surface area contributed by atoms with Crippen molar-refractivity contribution in [2.75, 3.05) is 13.1 Å². The van der Waals surface area contributed by atoms with Crippen LogP contribution in [-0.2, 0) is 11.0 Å². The summed E-state index contributed by atoms with van der Waals surface area (Å²) in [5.41, 5.74) is -0.904. The number of aldehydes is 1. The molecule has 0 amide bonds. The Morgan fingerprint density at radius 1 is 1.11 bits per heavy atom. The van der Waals surface area contributed by atoms with E-state index in [1.54, 1.807) is 18.2 Å². The van der Waals surface area contributed by atoms with Gasteiger partial charge in [-0.3, -0.25) is 4.79 Å². The van der Waals surface area contributed by atoms with Gasteiger partial charge in [0.2, 0.25) is 0 Å². The first-order valence-corrected chi connectivity index (χ1v) is 8.87. The molecule has 0 unspecified atom stereocenters. The number of alkyl halides is 3. The molecule has 2 aromatic rings. The third kappa shape index (κ3) is 6.02. The summed E-state index contributed by atoms with van der Waals surface area (Å²) in [4.78, 5) is 23.1. The molecule has 28 heavy (non-hydrogen) atoms. The molecule has 0 aliphatic carbocycles. The average Bonchev–Trinajstić information content (AvgIpc) is 2.62. The lowest BCUT2D eigenvalue weighted by atomic mass is 9.96. The number of ketones is 1. The maximum Gasteiger partial charge on any atom is 0.416 e. The number of hydrogen-bond donors (Lipinski definition) is 1. The summed E-state index contributed by atoms with van der Waals surface area (Å²) in [6, 6.07) is 6.55. The third-order valence-corrected chi connectivity index (χ3v) is 4.76. The van der Waals surface area contributed by atoms with E-state index in [0.29, 0.717) is 34.0 Å². The molecule has 9 heteroatoms. The summed E-state index contributed by atoms with van der Waals surface area (Å²) in [6.45, 7) is -0.138. The van der Waals surface area contributed by atoms with Gasteiger partial charge in [-0.25, -0.2) is 4.39 Å². The van der Waals surface area contributed by atoms with Gasteiger partial charge in [-0.1, -0.05) is 29.3 Å². The molecule has 0 radical (unpaired) electrons. The second kappa shape index (κ2) is 9.49. The molecule has 0 aliphatic rings. The lowest BCUT2D eigenvalue weighted by Gasteiger charge is -2.16. The van der Waals surface area contributed by atoms with E-state index in [0.717, 1.165) is 6.07 Å². The Hall–Kier alpha value is -1.96. The van der Waals surface area contributed by atoms with Crippen molar-refractivity contribution < 1.29 is 27.2 Å². The molecule has 2 rings (SSSR count). The summed E-state index contributed by atoms with van der Waals surface area (Å²) < 4.78 is 51.7. The molecule has 1 atom stereocenters. The lowest BCUT2D eigenvalue weighted by Crippen LogP contribution is -2.28. The van der Waals surface area contributed by atoms with Gasteiger partial charge in [-0.2, -0.15) is 13.2 Å². The van der Waals surface area contributed by atoms with E-state index in [2.05, 4.69) is 5.32 Å². The summed E-state index contributed by atoms with van der Waals surface area (Å²) in [7, 11) is 0. The van der Waals surface area contributed by atoms with Crippen LogP contribution in [0.1, 0.15) is 33.8 Å². The van der Waals surface area contributed by atoms with Gasteiger partial charge in [-0.05, 0) is 35.9 Å². The molecule has 0 spiro atoms. The highest BCUT2D eigenvalue weighted by molar-refractivity contribution is 6.42. The van der Waals surface area contributed by atoms with Crippen LogP contribution in [0.15, 0.2) is 36.4 Å². The average molecular weight is 436 g/mol. The Morgan fingerprint density at radius 3 is 2.43 bits per heavy atom. The van der Waals surface area contributed by atoms with Crippen LogP contribution in [0.5, 0.6) is 0 Å². The third-order valence-electron chi connectivity index (χ3n) is 4.02. The van der Waals surface area contributed by atoms with Crippen LogP contribution in [0.3, 0.4) is 0 Å². The van der Waals surface area contributed by atoms with Crippen LogP contribution >= 0.6 is 23.2 Å². The number of halogens is 6. The number of carbonyl (C=O) groups is 2. The minimum atomic E-state index is -4.76. The SMILES string of the molecule is O=CC[C@H](CNCC(=O)c1cc(F)cc(C(F)(F)F)c1)c1ccc(Cl)c(Cl)c1. The fraction of sp³-hybridized carbons (Fsp3) is 0.263. The fourth-order valence-electron chi connectivity index (χ4n) is 2.60. The number of Topliss-reactive ketones (excluding diaryl/α,β-unsaturated/α-hetero) is 1. The van der Waals surface area contributed by atoms with Gasteiger partial charge in [-0.15, -0.1) is 0 Å². The second-order valence-electron chi connectivity index (χ2n) is 6.05. The Bertz CT molecular complexity index is 871. The molecule has 0 aromatic heterocycles. The number of nitrogens with one attached hydrogen (secondary N) is 1. The van der Waals surface area contributed by atoms with E-state index in [4.69, 9.17) is 23.2 Å². The van der Waals surface area contributed by atoms with Crippen molar-refractivity contribution in [2.45, 2.75) is 18.5 Å². The smallest absolute Gasteiger partial charge is 0.309 e. The summed E-state index contributed by atoms with van der Waals surface area (Å²) in [5, 5.41) is 3.45. The zero-order valence-corrected chi connectivity index (χ0v) is 15.8. The number of rotatable bonds is 8. The number of hydrogen-bond acceptors (Lipinski definition) is 3. The van der Waals surface area contributed by atoms with E-state index < -0.39 is 23.3 Å². The zero-order chi connectivity index (χ0) is 20.9. The molecule has 0 aliphatic heterocycles. The fourth-order valence-corrected chi connectivity index (χ4v) is 2.90. The van der Waals surface area contributed by atoms with E-state index in [1.165, 1.54) is 0 Å². The van der Waals surface area contributed by atoms with E-state index in [9.17, 15) is 27.2 Å². The molecule has 3 nitrogen and oxygen atoms in total. The van der Waals surface area contributed by atoms with Gasteiger partial charge in [0.15, 0.2) is 5.78 Å². The summed E-state index contributed by atoms with van der Waals surface area (Å²) in [6.07, 6.45) is -3.91. The highest BCUT2D eigenvalue weighted by atomic mass is 35.5. The van der Waals surface area contributed by atoms with Gasteiger partial charge >= 0.3 is 6.18 Å². The zero-order valence-electron chi connectivity index (χ0n) is 14.3. The second-order valence-corrected chi connectivity index (χ2v) is 6.87. The molecule has 1 N–H and O–H groups in total. The molecular formula is C19H15Cl2F4NO2. The van der Waals surface area contributed by atoms with Crippen LogP contribution in [0, 0.1) is 5.82 Å². The van der Waals surface area contributed by atoms with Crippen LogP contribution in [-0.4, -0.2) is 25.2 Å². The quantitative estimate of drug-likeness (QED) is 0.347.